The van der Waals surface area contributed by atoms with Gasteiger partial charge in [0.1, 0.15) is 5.75 Å². The molecule has 2 heterocycles. The van der Waals surface area contributed by atoms with Crippen molar-refractivity contribution in [1.82, 2.24) is 10.3 Å². The Bertz CT molecular complexity index is 688. The number of aliphatic hydroxyl groups excluding tert-OH is 1. The molecule has 0 unspecified atom stereocenters. The van der Waals surface area contributed by atoms with Crippen molar-refractivity contribution >= 4 is 10.9 Å². The van der Waals surface area contributed by atoms with E-state index in [9.17, 15) is 5.11 Å². The lowest BCUT2D eigenvalue weighted by molar-refractivity contribution is 0.0775. The number of piperidine rings is 1. The Labute approximate surface area is 144 Å². The van der Waals surface area contributed by atoms with Crippen molar-refractivity contribution in [2.24, 2.45) is 11.8 Å². The van der Waals surface area contributed by atoms with Gasteiger partial charge in [-0.3, -0.25) is 4.98 Å². The van der Waals surface area contributed by atoms with E-state index >= 15 is 0 Å². The maximum absolute atomic E-state index is 11.0. The Kier molecular flexibility index (Phi) is 5.36. The molecule has 130 valence electrons. The monoisotopic (exact) mass is 328 g/mol. The van der Waals surface area contributed by atoms with E-state index in [0.29, 0.717) is 11.8 Å². The van der Waals surface area contributed by atoms with E-state index in [1.807, 2.05) is 24.3 Å². The largest absolute Gasteiger partial charge is 0.497 e. The summed E-state index contributed by atoms with van der Waals surface area (Å²) in [5.41, 5.74) is 1.82. The van der Waals surface area contributed by atoms with E-state index in [0.717, 1.165) is 35.2 Å². The van der Waals surface area contributed by atoms with Crippen LogP contribution in [0.15, 0.2) is 30.5 Å². The number of nitrogens with zero attached hydrogens (tertiary/aromatic N) is 1. The number of methoxy groups -OCH3 is 1. The molecule has 24 heavy (non-hydrogen) atoms. The van der Waals surface area contributed by atoms with Crippen molar-refractivity contribution in [2.75, 3.05) is 13.7 Å². The second-order valence-electron chi connectivity index (χ2n) is 6.82. The highest BCUT2D eigenvalue weighted by atomic mass is 16.5. The van der Waals surface area contributed by atoms with Crippen molar-refractivity contribution in [2.45, 2.75) is 45.3 Å². The molecule has 4 atom stereocenters. The smallest absolute Gasteiger partial charge is 0.119 e. The standard InChI is InChI=1S/C20H28N2O2/c1-4-13-10-19(22-12-14(13)5-2)20(23)16-8-9-21-18-7-6-15(24-3)11-17(16)18/h6-9,11,13-14,19-20,22-23H,4-5,10,12H2,1-3H3/t13-,14-,19-,20+/m0/s1. The number of hydrogen-bond donors (Lipinski definition) is 2. The molecule has 2 aromatic rings. The third-order valence-corrected chi connectivity index (χ3v) is 5.60. The summed E-state index contributed by atoms with van der Waals surface area (Å²) in [4.78, 5) is 4.41. The molecule has 1 aliphatic heterocycles. The fourth-order valence-electron chi connectivity index (χ4n) is 4.04. The Hall–Kier alpha value is -1.65. The van der Waals surface area contributed by atoms with Crippen molar-refractivity contribution in [3.05, 3.63) is 36.0 Å². The maximum atomic E-state index is 11.0. The number of pyridine rings is 1. The summed E-state index contributed by atoms with van der Waals surface area (Å²) >= 11 is 0. The lowest BCUT2D eigenvalue weighted by Crippen LogP contribution is -2.46. The molecule has 0 saturated carbocycles. The summed E-state index contributed by atoms with van der Waals surface area (Å²) in [6, 6.07) is 7.84. The Morgan fingerprint density at radius 3 is 2.75 bits per heavy atom. The molecule has 1 aromatic carbocycles. The highest BCUT2D eigenvalue weighted by Crippen LogP contribution is 2.35. The van der Waals surface area contributed by atoms with Crippen molar-refractivity contribution in [3.8, 4) is 5.75 Å². The number of nitrogens with one attached hydrogen (secondary N) is 1. The number of hydrogen-bond acceptors (Lipinski definition) is 4. The molecular formula is C20H28N2O2. The van der Waals surface area contributed by atoms with Crippen LogP contribution in [0.25, 0.3) is 10.9 Å². The molecule has 0 bridgehead atoms. The minimum atomic E-state index is -0.533. The normalized spacial score (nSPS) is 25.6. The van der Waals surface area contributed by atoms with E-state index in [2.05, 4.69) is 24.1 Å². The Balaban J connectivity index is 1.89. The average molecular weight is 328 g/mol. The van der Waals surface area contributed by atoms with E-state index in [4.69, 9.17) is 4.74 Å². The molecule has 0 radical (unpaired) electrons. The van der Waals surface area contributed by atoms with Crippen LogP contribution < -0.4 is 10.1 Å². The van der Waals surface area contributed by atoms with Crippen LogP contribution in [0.2, 0.25) is 0 Å². The van der Waals surface area contributed by atoms with Crippen LogP contribution in [0.5, 0.6) is 5.75 Å². The predicted molar refractivity (Wildman–Crippen MR) is 97.2 cm³/mol. The summed E-state index contributed by atoms with van der Waals surface area (Å²) < 4.78 is 5.34. The van der Waals surface area contributed by atoms with Gasteiger partial charge in [-0.2, -0.15) is 0 Å². The number of ether oxygens (including phenoxy) is 1. The zero-order valence-electron chi connectivity index (χ0n) is 14.8. The minimum absolute atomic E-state index is 0.0922. The van der Waals surface area contributed by atoms with Gasteiger partial charge >= 0.3 is 0 Å². The van der Waals surface area contributed by atoms with Crippen LogP contribution in [-0.4, -0.2) is 29.8 Å². The molecule has 4 nitrogen and oxygen atoms in total. The van der Waals surface area contributed by atoms with Gasteiger partial charge in [0.25, 0.3) is 0 Å². The fraction of sp³-hybridized carbons (Fsp3) is 0.550. The first kappa shape index (κ1) is 17.2. The first-order valence-corrected chi connectivity index (χ1v) is 9.02. The molecule has 0 amide bonds. The molecule has 3 rings (SSSR count). The third kappa shape index (κ3) is 3.26. The third-order valence-electron chi connectivity index (χ3n) is 5.60. The Morgan fingerprint density at radius 1 is 1.25 bits per heavy atom. The quantitative estimate of drug-likeness (QED) is 0.879. The first-order valence-electron chi connectivity index (χ1n) is 9.02. The summed E-state index contributed by atoms with van der Waals surface area (Å²) in [6.45, 7) is 5.51. The van der Waals surface area contributed by atoms with E-state index in [-0.39, 0.29) is 6.04 Å². The van der Waals surface area contributed by atoms with Crippen LogP contribution in [0.1, 0.15) is 44.8 Å². The number of fused-ring (bicyclic) bond motifs is 1. The average Bonchev–Trinajstić information content (AvgIpc) is 2.65. The number of aliphatic hydroxyl groups is 1. The van der Waals surface area contributed by atoms with Crippen LogP contribution in [-0.2, 0) is 0 Å². The van der Waals surface area contributed by atoms with Gasteiger partial charge in [-0.25, -0.2) is 0 Å². The number of benzene rings is 1. The molecule has 4 heteroatoms. The molecule has 1 fully saturated rings. The topological polar surface area (TPSA) is 54.4 Å². The fourth-order valence-corrected chi connectivity index (χ4v) is 4.04. The van der Waals surface area contributed by atoms with Gasteiger partial charge in [0, 0.05) is 17.6 Å². The van der Waals surface area contributed by atoms with Gasteiger partial charge in [0.05, 0.1) is 18.7 Å². The van der Waals surface area contributed by atoms with E-state index < -0.39 is 6.10 Å². The van der Waals surface area contributed by atoms with Crippen molar-refractivity contribution in [3.63, 3.8) is 0 Å². The minimum Gasteiger partial charge on any atom is -0.497 e. The molecule has 2 N–H and O–H groups in total. The van der Waals surface area contributed by atoms with Crippen LogP contribution in [0.3, 0.4) is 0 Å². The second kappa shape index (κ2) is 7.49. The van der Waals surface area contributed by atoms with Gasteiger partial charge in [-0.15, -0.1) is 0 Å². The highest BCUT2D eigenvalue weighted by molar-refractivity contribution is 5.83. The maximum Gasteiger partial charge on any atom is 0.119 e. The molecule has 1 aromatic heterocycles. The molecule has 0 spiro atoms. The van der Waals surface area contributed by atoms with Gasteiger partial charge in [-0.1, -0.05) is 26.7 Å². The van der Waals surface area contributed by atoms with Gasteiger partial charge < -0.3 is 15.2 Å². The molecule has 1 aliphatic rings. The summed E-state index contributed by atoms with van der Waals surface area (Å²) in [5.74, 6) is 2.18. The second-order valence-corrected chi connectivity index (χ2v) is 6.82. The van der Waals surface area contributed by atoms with Gasteiger partial charge in [0.15, 0.2) is 0 Å². The predicted octanol–water partition coefficient (Wildman–Crippen LogP) is 3.69. The van der Waals surface area contributed by atoms with Crippen LogP contribution in [0, 0.1) is 11.8 Å². The lowest BCUT2D eigenvalue weighted by Gasteiger charge is -2.38. The number of rotatable bonds is 5. The molecule has 0 aliphatic carbocycles. The van der Waals surface area contributed by atoms with Crippen LogP contribution >= 0.6 is 0 Å². The van der Waals surface area contributed by atoms with Crippen molar-refractivity contribution in [1.29, 1.82) is 0 Å². The Morgan fingerprint density at radius 2 is 2.04 bits per heavy atom. The SMILES string of the molecule is CC[C@H]1CN[C@H]([C@H](O)c2ccnc3ccc(OC)cc23)C[C@@H]1CC. The van der Waals surface area contributed by atoms with E-state index in [1.165, 1.54) is 12.8 Å². The van der Waals surface area contributed by atoms with E-state index in [1.54, 1.807) is 13.3 Å². The zero-order valence-corrected chi connectivity index (χ0v) is 14.8. The summed E-state index contributed by atoms with van der Waals surface area (Å²) in [7, 11) is 1.66. The first-order chi connectivity index (χ1) is 11.7. The summed E-state index contributed by atoms with van der Waals surface area (Å²) in [6.07, 6.45) is 4.64. The van der Waals surface area contributed by atoms with Gasteiger partial charge in [0.2, 0.25) is 0 Å². The molecular weight excluding hydrogens is 300 g/mol. The number of aromatic nitrogens is 1. The van der Waals surface area contributed by atoms with Crippen molar-refractivity contribution < 1.29 is 9.84 Å². The van der Waals surface area contributed by atoms with Gasteiger partial charge in [-0.05, 0) is 54.6 Å². The lowest BCUT2D eigenvalue weighted by atomic mass is 9.78. The highest BCUT2D eigenvalue weighted by Gasteiger charge is 2.32. The zero-order chi connectivity index (χ0) is 17.1. The van der Waals surface area contributed by atoms with Crippen LogP contribution in [0.4, 0.5) is 0 Å². The summed E-state index contributed by atoms with van der Waals surface area (Å²) in [5, 5.41) is 15.6. The molecule has 1 saturated heterocycles.